The summed E-state index contributed by atoms with van der Waals surface area (Å²) in [7, 11) is 0. The van der Waals surface area contributed by atoms with Gasteiger partial charge in [0.15, 0.2) is 6.29 Å². The molecule has 8 atom stereocenters. The van der Waals surface area contributed by atoms with Crippen molar-refractivity contribution in [3.63, 3.8) is 0 Å². The van der Waals surface area contributed by atoms with E-state index in [4.69, 9.17) is 9.47 Å². The Morgan fingerprint density at radius 1 is 0.525 bits per heavy atom. The summed E-state index contributed by atoms with van der Waals surface area (Å²) >= 11 is 0. The van der Waals surface area contributed by atoms with Crippen molar-refractivity contribution >= 4 is 5.91 Å². The van der Waals surface area contributed by atoms with Crippen LogP contribution < -0.4 is 5.32 Å². The number of aliphatic hydroxyl groups excluding tert-OH is 6. The van der Waals surface area contributed by atoms with Crippen LogP contribution in [0.3, 0.4) is 0 Å². The number of hydrogen-bond donors (Lipinski definition) is 7. The highest BCUT2D eigenvalue weighted by Gasteiger charge is 2.44. The number of nitrogens with one attached hydrogen (secondary N) is 1. The van der Waals surface area contributed by atoms with E-state index in [1.807, 2.05) is 0 Å². The lowest BCUT2D eigenvalue weighted by Crippen LogP contribution is -2.60. The van der Waals surface area contributed by atoms with E-state index in [1.165, 1.54) is 180 Å². The highest BCUT2D eigenvalue weighted by Crippen LogP contribution is 2.23. The minimum atomic E-state index is -1.60. The number of rotatable bonds is 43. The molecule has 0 saturated carbocycles. The molecule has 1 aliphatic heterocycles. The van der Waals surface area contributed by atoms with Crippen LogP contribution in [0.25, 0.3) is 0 Å². The fraction of sp³-hybridized carbons (Fsp3) is 0.980. The first-order valence-corrected chi connectivity index (χ1v) is 25.3. The topological polar surface area (TPSA) is 169 Å². The van der Waals surface area contributed by atoms with E-state index in [1.54, 1.807) is 0 Å². The Bertz CT molecular complexity index is 911. The summed E-state index contributed by atoms with van der Waals surface area (Å²) in [6.07, 6.45) is 34.0. The third-order valence-corrected chi connectivity index (χ3v) is 12.6. The van der Waals surface area contributed by atoms with Gasteiger partial charge in [-0.25, -0.2) is 0 Å². The first-order chi connectivity index (χ1) is 28.8. The van der Waals surface area contributed by atoms with Crippen molar-refractivity contribution in [3.05, 3.63) is 0 Å². The molecule has 1 fully saturated rings. The minimum absolute atomic E-state index is 0.253. The summed E-state index contributed by atoms with van der Waals surface area (Å²) in [5.74, 6) is -0.253. The average molecular weight is 844 g/mol. The fourth-order valence-electron chi connectivity index (χ4n) is 8.44. The molecule has 10 nitrogen and oxygen atoms in total. The smallest absolute Gasteiger partial charge is 0.220 e. The van der Waals surface area contributed by atoms with Gasteiger partial charge in [0, 0.05) is 6.42 Å². The summed E-state index contributed by atoms with van der Waals surface area (Å²) < 4.78 is 11.2. The second-order valence-electron chi connectivity index (χ2n) is 18.1. The Balaban J connectivity index is 2.28. The standard InChI is InChI=1S/C49H97NO9/c1-3-5-7-9-11-13-15-17-18-19-20-21-22-23-24-25-26-28-30-32-34-36-38-44(53)50-41(40-58-49-48(57)47(56)46(55)43(39-51)59-49)45(54)42(52)37-35-33-31-29-27-16-14-12-10-8-6-4-2/h41-43,45-49,51-52,54-57H,3-40H2,1-2H3,(H,50,53). The third kappa shape index (κ3) is 30.0. The van der Waals surface area contributed by atoms with Crippen LogP contribution in [0.1, 0.15) is 245 Å². The van der Waals surface area contributed by atoms with Gasteiger partial charge in [-0.05, 0) is 12.8 Å². The molecule has 0 aromatic carbocycles. The van der Waals surface area contributed by atoms with Crippen LogP contribution in [0.2, 0.25) is 0 Å². The van der Waals surface area contributed by atoms with E-state index in [-0.39, 0.29) is 18.9 Å². The summed E-state index contributed by atoms with van der Waals surface area (Å²) in [4.78, 5) is 13.0. The van der Waals surface area contributed by atoms with E-state index in [2.05, 4.69) is 19.2 Å². The zero-order valence-electron chi connectivity index (χ0n) is 38.4. The van der Waals surface area contributed by atoms with Crippen LogP contribution in [0.15, 0.2) is 0 Å². The van der Waals surface area contributed by atoms with Gasteiger partial charge in [-0.3, -0.25) is 4.79 Å². The minimum Gasteiger partial charge on any atom is -0.394 e. The second kappa shape index (κ2) is 40.0. The van der Waals surface area contributed by atoms with Crippen molar-refractivity contribution in [2.75, 3.05) is 13.2 Å². The zero-order valence-corrected chi connectivity index (χ0v) is 38.4. The van der Waals surface area contributed by atoms with Gasteiger partial charge >= 0.3 is 0 Å². The normalized spacial score (nSPS) is 21.1. The SMILES string of the molecule is CCCCCCCCCCCCCCCCCCCCCCCCC(=O)NC(COC1OC(CO)C(O)C(O)C1O)C(O)C(O)CCCCCCCCCCCCCC. The summed E-state index contributed by atoms with van der Waals surface area (Å²) in [6.45, 7) is 3.63. The maximum Gasteiger partial charge on any atom is 0.220 e. The molecule has 1 amide bonds. The quantitative estimate of drug-likeness (QED) is 0.0296. The highest BCUT2D eigenvalue weighted by atomic mass is 16.7. The molecule has 10 heteroatoms. The van der Waals surface area contributed by atoms with Gasteiger partial charge in [0.25, 0.3) is 0 Å². The Hall–Kier alpha value is -0.850. The Kier molecular flexibility index (Phi) is 38.0. The first-order valence-electron chi connectivity index (χ1n) is 25.3. The van der Waals surface area contributed by atoms with Crippen LogP contribution in [0, 0.1) is 0 Å². The van der Waals surface area contributed by atoms with Gasteiger partial charge in [-0.15, -0.1) is 0 Å². The number of aliphatic hydroxyl groups is 6. The number of unbranched alkanes of at least 4 members (excludes halogenated alkanes) is 32. The largest absolute Gasteiger partial charge is 0.394 e. The van der Waals surface area contributed by atoms with E-state index in [0.717, 1.165) is 38.5 Å². The first kappa shape index (κ1) is 56.2. The molecular formula is C49H97NO9. The number of ether oxygens (including phenoxy) is 2. The molecule has 59 heavy (non-hydrogen) atoms. The lowest BCUT2D eigenvalue weighted by molar-refractivity contribution is -0.303. The maximum atomic E-state index is 13.0. The molecule has 0 radical (unpaired) electrons. The Morgan fingerprint density at radius 3 is 1.25 bits per heavy atom. The molecule has 352 valence electrons. The monoisotopic (exact) mass is 844 g/mol. The van der Waals surface area contributed by atoms with Crippen molar-refractivity contribution in [3.8, 4) is 0 Å². The lowest BCUT2D eigenvalue weighted by Gasteiger charge is -2.40. The van der Waals surface area contributed by atoms with Crippen molar-refractivity contribution in [1.29, 1.82) is 0 Å². The second-order valence-corrected chi connectivity index (χ2v) is 18.1. The summed E-state index contributed by atoms with van der Waals surface area (Å²) in [5.41, 5.74) is 0. The van der Waals surface area contributed by atoms with Crippen LogP contribution in [0.5, 0.6) is 0 Å². The van der Waals surface area contributed by atoms with Crippen LogP contribution >= 0.6 is 0 Å². The van der Waals surface area contributed by atoms with Crippen molar-refractivity contribution in [2.45, 2.75) is 294 Å². The van der Waals surface area contributed by atoms with Gasteiger partial charge in [0.1, 0.15) is 30.5 Å². The van der Waals surface area contributed by atoms with Crippen molar-refractivity contribution in [2.24, 2.45) is 0 Å². The molecule has 0 aromatic rings. The molecule has 1 saturated heterocycles. The predicted molar refractivity (Wildman–Crippen MR) is 241 cm³/mol. The molecule has 0 aromatic heterocycles. The van der Waals surface area contributed by atoms with Gasteiger partial charge in [0.2, 0.25) is 5.91 Å². The summed E-state index contributed by atoms with van der Waals surface area (Å²) in [6, 6.07) is -0.984. The van der Waals surface area contributed by atoms with Gasteiger partial charge in [0.05, 0.1) is 25.4 Å². The fourth-order valence-corrected chi connectivity index (χ4v) is 8.44. The predicted octanol–water partition coefficient (Wildman–Crippen LogP) is 10.1. The molecule has 1 aliphatic rings. The van der Waals surface area contributed by atoms with E-state index in [0.29, 0.717) is 6.42 Å². The number of carbonyl (C=O) groups excluding carboxylic acids is 1. The molecule has 1 heterocycles. The van der Waals surface area contributed by atoms with Crippen molar-refractivity contribution in [1.82, 2.24) is 5.32 Å². The zero-order chi connectivity index (χ0) is 43.2. The molecular weight excluding hydrogens is 747 g/mol. The van der Waals surface area contributed by atoms with Crippen molar-refractivity contribution < 1.29 is 44.9 Å². The Labute approximate surface area is 362 Å². The van der Waals surface area contributed by atoms with E-state index in [9.17, 15) is 35.4 Å². The highest BCUT2D eigenvalue weighted by molar-refractivity contribution is 5.76. The average Bonchev–Trinajstić information content (AvgIpc) is 3.23. The third-order valence-electron chi connectivity index (χ3n) is 12.6. The molecule has 7 N–H and O–H groups in total. The van der Waals surface area contributed by atoms with Crippen LogP contribution in [0.4, 0.5) is 0 Å². The molecule has 0 bridgehead atoms. The Morgan fingerprint density at radius 2 is 0.881 bits per heavy atom. The molecule has 0 aliphatic carbocycles. The maximum absolute atomic E-state index is 13.0. The van der Waals surface area contributed by atoms with Gasteiger partial charge in [-0.1, -0.05) is 226 Å². The van der Waals surface area contributed by atoms with Gasteiger partial charge < -0.3 is 45.4 Å². The number of carbonyl (C=O) groups is 1. The number of amides is 1. The van der Waals surface area contributed by atoms with Crippen LogP contribution in [-0.2, 0) is 14.3 Å². The van der Waals surface area contributed by atoms with E-state index < -0.39 is 55.6 Å². The van der Waals surface area contributed by atoms with E-state index >= 15 is 0 Å². The summed E-state index contributed by atoms with van der Waals surface area (Å²) in [5, 5.41) is 65.2. The van der Waals surface area contributed by atoms with Crippen LogP contribution in [-0.4, -0.2) is 98.7 Å². The molecule has 0 spiro atoms. The van der Waals surface area contributed by atoms with Gasteiger partial charge in [-0.2, -0.15) is 0 Å². The lowest BCUT2D eigenvalue weighted by atomic mass is 9.98. The number of hydrogen-bond acceptors (Lipinski definition) is 9. The molecule has 8 unspecified atom stereocenters. The molecule has 1 rings (SSSR count).